The summed E-state index contributed by atoms with van der Waals surface area (Å²) < 4.78 is 1.99. The van der Waals surface area contributed by atoms with Gasteiger partial charge in [-0.3, -0.25) is 0 Å². The lowest BCUT2D eigenvalue weighted by Crippen LogP contribution is -2.22. The fraction of sp³-hybridized carbons (Fsp3) is 0.364. The molecule has 0 aliphatic carbocycles. The van der Waals surface area contributed by atoms with Crippen LogP contribution in [0, 0.1) is 0 Å². The van der Waals surface area contributed by atoms with E-state index in [-0.39, 0.29) is 6.04 Å². The average molecular weight is 267 g/mol. The molecular formula is C11H15ClN6. The number of rotatable bonds is 5. The molecule has 2 aromatic heterocycles. The summed E-state index contributed by atoms with van der Waals surface area (Å²) in [7, 11) is 1.77. The van der Waals surface area contributed by atoms with E-state index in [1.54, 1.807) is 25.8 Å². The number of anilines is 2. The van der Waals surface area contributed by atoms with Gasteiger partial charge in [0.1, 0.15) is 5.02 Å². The maximum atomic E-state index is 6.04. The van der Waals surface area contributed by atoms with Gasteiger partial charge in [-0.25, -0.2) is 9.97 Å². The topological polar surface area (TPSA) is 67.7 Å². The van der Waals surface area contributed by atoms with E-state index in [4.69, 9.17) is 11.6 Å². The molecule has 0 spiro atoms. The highest BCUT2D eigenvalue weighted by molar-refractivity contribution is 6.32. The average Bonchev–Trinajstić information content (AvgIpc) is 2.84. The van der Waals surface area contributed by atoms with Crippen LogP contribution in [0.5, 0.6) is 0 Å². The molecule has 96 valence electrons. The van der Waals surface area contributed by atoms with Crippen molar-refractivity contribution in [3.05, 3.63) is 29.9 Å². The molecule has 6 nitrogen and oxygen atoms in total. The summed E-state index contributed by atoms with van der Waals surface area (Å²) in [5.41, 5.74) is 0. The van der Waals surface area contributed by atoms with Gasteiger partial charge in [-0.15, -0.1) is 0 Å². The van der Waals surface area contributed by atoms with Gasteiger partial charge in [-0.2, -0.15) is 4.98 Å². The molecule has 0 fully saturated rings. The Morgan fingerprint density at radius 2 is 2.33 bits per heavy atom. The Morgan fingerprint density at radius 1 is 1.50 bits per heavy atom. The molecule has 0 aliphatic heterocycles. The molecule has 0 aliphatic rings. The van der Waals surface area contributed by atoms with Crippen LogP contribution in [-0.2, 0) is 6.54 Å². The Bertz CT molecular complexity index is 498. The zero-order valence-corrected chi connectivity index (χ0v) is 11.0. The van der Waals surface area contributed by atoms with Crippen molar-refractivity contribution in [3.63, 3.8) is 0 Å². The lowest BCUT2D eigenvalue weighted by atomic mass is 10.3. The van der Waals surface area contributed by atoms with Gasteiger partial charge < -0.3 is 15.2 Å². The summed E-state index contributed by atoms with van der Waals surface area (Å²) in [4.78, 5) is 12.3. The molecular weight excluding hydrogens is 252 g/mol. The van der Waals surface area contributed by atoms with E-state index in [9.17, 15) is 0 Å². The molecule has 0 aromatic carbocycles. The Kier molecular flexibility index (Phi) is 3.99. The molecule has 1 unspecified atom stereocenters. The minimum atomic E-state index is 0.177. The molecule has 2 rings (SSSR count). The fourth-order valence-electron chi connectivity index (χ4n) is 1.58. The maximum absolute atomic E-state index is 6.04. The third kappa shape index (κ3) is 3.10. The highest BCUT2D eigenvalue weighted by atomic mass is 35.5. The van der Waals surface area contributed by atoms with Crippen LogP contribution in [0.15, 0.2) is 24.9 Å². The molecule has 18 heavy (non-hydrogen) atoms. The van der Waals surface area contributed by atoms with Crippen molar-refractivity contribution in [2.75, 3.05) is 17.7 Å². The normalized spacial score (nSPS) is 12.2. The van der Waals surface area contributed by atoms with Gasteiger partial charge >= 0.3 is 0 Å². The van der Waals surface area contributed by atoms with Gasteiger partial charge in [0.15, 0.2) is 5.82 Å². The first-order chi connectivity index (χ1) is 8.69. The highest BCUT2D eigenvalue weighted by Crippen LogP contribution is 2.20. The predicted octanol–water partition coefficient (Wildman–Crippen LogP) is 1.87. The SMILES string of the molecule is CNc1ncc(Cl)c(NC(C)Cn2ccnc2)n1. The number of hydrogen-bond acceptors (Lipinski definition) is 5. The molecule has 0 amide bonds. The second kappa shape index (κ2) is 5.68. The number of halogens is 1. The van der Waals surface area contributed by atoms with Crippen LogP contribution >= 0.6 is 11.6 Å². The number of hydrogen-bond donors (Lipinski definition) is 2. The molecule has 0 saturated carbocycles. The van der Waals surface area contributed by atoms with Crippen molar-refractivity contribution in [1.29, 1.82) is 0 Å². The molecule has 0 saturated heterocycles. The third-order valence-electron chi connectivity index (χ3n) is 2.39. The van der Waals surface area contributed by atoms with Crippen LogP contribution in [0.4, 0.5) is 11.8 Å². The first-order valence-corrected chi connectivity index (χ1v) is 5.99. The first-order valence-electron chi connectivity index (χ1n) is 5.61. The minimum absolute atomic E-state index is 0.177. The van der Waals surface area contributed by atoms with Crippen molar-refractivity contribution in [2.24, 2.45) is 0 Å². The molecule has 2 heterocycles. The molecule has 2 N–H and O–H groups in total. The van der Waals surface area contributed by atoms with Crippen molar-refractivity contribution in [1.82, 2.24) is 19.5 Å². The fourth-order valence-corrected chi connectivity index (χ4v) is 1.72. The van der Waals surface area contributed by atoms with Crippen molar-refractivity contribution >= 4 is 23.4 Å². The second-order valence-corrected chi connectivity index (χ2v) is 4.35. The number of aromatic nitrogens is 4. The minimum Gasteiger partial charge on any atom is -0.364 e. The molecule has 1 atom stereocenters. The van der Waals surface area contributed by atoms with Crippen molar-refractivity contribution in [2.45, 2.75) is 19.5 Å². The predicted molar refractivity (Wildman–Crippen MR) is 71.9 cm³/mol. The Balaban J connectivity index is 2.04. The van der Waals surface area contributed by atoms with Crippen LogP contribution in [0.1, 0.15) is 6.92 Å². The van der Waals surface area contributed by atoms with Gasteiger partial charge in [0.25, 0.3) is 0 Å². The number of imidazole rings is 1. The van der Waals surface area contributed by atoms with E-state index in [1.807, 2.05) is 10.8 Å². The summed E-state index contributed by atoms with van der Waals surface area (Å²) in [5, 5.41) is 6.63. The van der Waals surface area contributed by atoms with Crippen LogP contribution in [0.3, 0.4) is 0 Å². The largest absolute Gasteiger partial charge is 0.364 e. The maximum Gasteiger partial charge on any atom is 0.224 e. The number of nitrogens with zero attached hydrogens (tertiary/aromatic N) is 4. The monoisotopic (exact) mass is 266 g/mol. The summed E-state index contributed by atoms with van der Waals surface area (Å²) >= 11 is 6.04. The van der Waals surface area contributed by atoms with Crippen molar-refractivity contribution in [3.8, 4) is 0 Å². The molecule has 2 aromatic rings. The van der Waals surface area contributed by atoms with E-state index in [1.165, 1.54) is 0 Å². The summed E-state index contributed by atoms with van der Waals surface area (Å²) in [6.45, 7) is 2.84. The molecule has 7 heteroatoms. The van der Waals surface area contributed by atoms with E-state index in [0.29, 0.717) is 16.8 Å². The summed E-state index contributed by atoms with van der Waals surface area (Å²) in [6.07, 6.45) is 7.02. The van der Waals surface area contributed by atoms with Crippen LogP contribution in [-0.4, -0.2) is 32.6 Å². The zero-order chi connectivity index (χ0) is 13.0. The molecule has 0 radical (unpaired) electrons. The standard InChI is InChI=1S/C11H15ClN6/c1-8(6-18-4-3-14-7-18)16-10-9(12)5-15-11(13-2)17-10/h3-5,7-8H,6H2,1-2H3,(H2,13,15,16,17). The Morgan fingerprint density at radius 3 is 3.00 bits per heavy atom. The Hall–Kier alpha value is -1.82. The number of nitrogens with one attached hydrogen (secondary N) is 2. The zero-order valence-electron chi connectivity index (χ0n) is 10.3. The third-order valence-corrected chi connectivity index (χ3v) is 2.67. The van der Waals surface area contributed by atoms with Gasteiger partial charge in [0.2, 0.25) is 5.95 Å². The summed E-state index contributed by atoms with van der Waals surface area (Å²) in [6, 6.07) is 0.177. The quantitative estimate of drug-likeness (QED) is 0.865. The van der Waals surface area contributed by atoms with Gasteiger partial charge in [0.05, 0.1) is 12.5 Å². The summed E-state index contributed by atoms with van der Waals surface area (Å²) in [5.74, 6) is 1.17. The first kappa shape index (κ1) is 12.6. The molecule has 0 bridgehead atoms. The lowest BCUT2D eigenvalue weighted by molar-refractivity contribution is 0.617. The van der Waals surface area contributed by atoms with Crippen LogP contribution in [0.25, 0.3) is 0 Å². The van der Waals surface area contributed by atoms with E-state index in [2.05, 4.69) is 32.5 Å². The van der Waals surface area contributed by atoms with E-state index in [0.717, 1.165) is 6.54 Å². The smallest absolute Gasteiger partial charge is 0.224 e. The van der Waals surface area contributed by atoms with Gasteiger partial charge in [-0.1, -0.05) is 11.6 Å². The highest BCUT2D eigenvalue weighted by Gasteiger charge is 2.08. The Labute approximate surface area is 110 Å². The lowest BCUT2D eigenvalue weighted by Gasteiger charge is -2.16. The van der Waals surface area contributed by atoms with Crippen LogP contribution in [0.2, 0.25) is 5.02 Å². The van der Waals surface area contributed by atoms with Gasteiger partial charge in [-0.05, 0) is 6.92 Å². The van der Waals surface area contributed by atoms with Gasteiger partial charge in [0, 0.05) is 32.0 Å². The van der Waals surface area contributed by atoms with E-state index < -0.39 is 0 Å². The second-order valence-electron chi connectivity index (χ2n) is 3.95. The van der Waals surface area contributed by atoms with Crippen LogP contribution < -0.4 is 10.6 Å². The van der Waals surface area contributed by atoms with E-state index >= 15 is 0 Å². The van der Waals surface area contributed by atoms with Crippen molar-refractivity contribution < 1.29 is 0 Å².